The lowest BCUT2D eigenvalue weighted by atomic mass is 10.0. The van der Waals surface area contributed by atoms with Crippen LogP contribution in [-0.4, -0.2) is 41.5 Å². The zero-order valence-corrected chi connectivity index (χ0v) is 12.8. The van der Waals surface area contributed by atoms with E-state index in [0.717, 1.165) is 17.9 Å². The van der Waals surface area contributed by atoms with Crippen LogP contribution in [-0.2, 0) is 5.75 Å². The Morgan fingerprint density at radius 1 is 1.60 bits per heavy atom. The number of nitrogens with zero attached hydrogens (tertiary/aromatic N) is 1. The molecule has 1 fully saturated rings. The molecule has 1 heterocycles. The largest absolute Gasteiger partial charge is 0.393 e. The van der Waals surface area contributed by atoms with Crippen molar-refractivity contribution in [2.24, 2.45) is 5.92 Å². The molecule has 2 amide bonds. The van der Waals surface area contributed by atoms with Crippen molar-refractivity contribution in [1.82, 2.24) is 4.90 Å². The minimum atomic E-state index is -0.349. The highest BCUT2D eigenvalue weighted by Crippen LogP contribution is 2.21. The lowest BCUT2D eigenvalue weighted by molar-refractivity contribution is 0.130. The summed E-state index contributed by atoms with van der Waals surface area (Å²) < 4.78 is 0. The highest BCUT2D eigenvalue weighted by Gasteiger charge is 2.28. The van der Waals surface area contributed by atoms with E-state index in [9.17, 15) is 9.90 Å². The summed E-state index contributed by atoms with van der Waals surface area (Å²) in [4.78, 5) is 14.0. The van der Waals surface area contributed by atoms with Crippen molar-refractivity contribution >= 4 is 23.5 Å². The molecule has 5 heteroatoms. The van der Waals surface area contributed by atoms with Crippen molar-refractivity contribution in [1.29, 1.82) is 0 Å². The molecule has 110 valence electrons. The highest BCUT2D eigenvalue weighted by atomic mass is 32.2. The molecule has 2 N–H and O–H groups in total. The second-order valence-corrected chi connectivity index (χ2v) is 6.16. The van der Waals surface area contributed by atoms with Gasteiger partial charge in [-0.05, 0) is 37.3 Å². The standard InChI is InChI=1S/C15H22N2O2S/c1-11(18)13-6-7-17(9-13)15(19)16-14-5-3-4-12(8-14)10-20-2/h3-5,8,11,13,18H,6-7,9-10H2,1-2H3,(H,16,19)/t11-,13+/m1/s1. The van der Waals surface area contributed by atoms with Crippen molar-refractivity contribution in [2.75, 3.05) is 24.7 Å². The van der Waals surface area contributed by atoms with Gasteiger partial charge in [-0.15, -0.1) is 0 Å². The number of carbonyl (C=O) groups excluding carboxylic acids is 1. The van der Waals surface area contributed by atoms with Crippen molar-refractivity contribution in [3.63, 3.8) is 0 Å². The number of carbonyl (C=O) groups is 1. The first-order valence-electron chi connectivity index (χ1n) is 6.92. The van der Waals surface area contributed by atoms with E-state index in [1.54, 1.807) is 23.6 Å². The molecule has 0 radical (unpaired) electrons. The van der Waals surface area contributed by atoms with Gasteiger partial charge >= 0.3 is 6.03 Å². The van der Waals surface area contributed by atoms with Gasteiger partial charge in [0, 0.05) is 30.4 Å². The Labute approximate surface area is 124 Å². The number of likely N-dealkylation sites (tertiary alicyclic amines) is 1. The lowest BCUT2D eigenvalue weighted by Crippen LogP contribution is -2.34. The van der Waals surface area contributed by atoms with Gasteiger partial charge in [0.25, 0.3) is 0 Å². The molecule has 1 saturated heterocycles. The van der Waals surface area contributed by atoms with Crippen LogP contribution in [0.15, 0.2) is 24.3 Å². The number of amides is 2. The molecule has 2 atom stereocenters. The Hall–Kier alpha value is -1.20. The van der Waals surface area contributed by atoms with E-state index in [0.29, 0.717) is 13.1 Å². The molecule has 1 aromatic rings. The van der Waals surface area contributed by atoms with E-state index in [-0.39, 0.29) is 18.1 Å². The molecule has 0 unspecified atom stereocenters. The summed E-state index contributed by atoms with van der Waals surface area (Å²) in [5, 5.41) is 12.5. The van der Waals surface area contributed by atoms with Crippen LogP contribution in [0, 0.1) is 5.92 Å². The SMILES string of the molecule is CSCc1cccc(NC(=O)N2CC[C@H]([C@@H](C)O)C2)c1. The number of anilines is 1. The Morgan fingerprint density at radius 2 is 2.40 bits per heavy atom. The molecular weight excluding hydrogens is 272 g/mol. The zero-order valence-electron chi connectivity index (χ0n) is 12.0. The topological polar surface area (TPSA) is 52.6 Å². The maximum Gasteiger partial charge on any atom is 0.321 e. The average molecular weight is 294 g/mol. The van der Waals surface area contributed by atoms with Crippen molar-refractivity contribution in [3.05, 3.63) is 29.8 Å². The van der Waals surface area contributed by atoms with Gasteiger partial charge in [-0.1, -0.05) is 12.1 Å². The Bertz CT molecular complexity index is 465. The second kappa shape index (κ2) is 6.99. The van der Waals surface area contributed by atoms with Crippen LogP contribution < -0.4 is 5.32 Å². The van der Waals surface area contributed by atoms with Gasteiger partial charge in [-0.25, -0.2) is 4.79 Å². The zero-order chi connectivity index (χ0) is 14.5. The molecule has 1 aromatic carbocycles. The first-order valence-corrected chi connectivity index (χ1v) is 8.31. The van der Waals surface area contributed by atoms with Crippen LogP contribution in [0.2, 0.25) is 0 Å². The van der Waals surface area contributed by atoms with Gasteiger partial charge in [0.05, 0.1) is 6.10 Å². The fourth-order valence-electron chi connectivity index (χ4n) is 2.47. The summed E-state index contributed by atoms with van der Waals surface area (Å²) in [5.74, 6) is 1.14. The third-order valence-corrected chi connectivity index (χ3v) is 4.31. The van der Waals surface area contributed by atoms with E-state index >= 15 is 0 Å². The highest BCUT2D eigenvalue weighted by molar-refractivity contribution is 7.97. The summed E-state index contributed by atoms with van der Waals surface area (Å²) >= 11 is 1.76. The normalized spacial score (nSPS) is 19.9. The molecule has 1 aliphatic heterocycles. The number of hydrogen-bond acceptors (Lipinski definition) is 3. The molecular formula is C15H22N2O2S. The summed E-state index contributed by atoms with van der Waals surface area (Å²) in [7, 11) is 0. The van der Waals surface area contributed by atoms with E-state index in [4.69, 9.17) is 0 Å². The van der Waals surface area contributed by atoms with Crippen LogP contribution in [0.5, 0.6) is 0 Å². The van der Waals surface area contributed by atoms with Crippen LogP contribution in [0.25, 0.3) is 0 Å². The maximum atomic E-state index is 12.2. The smallest absolute Gasteiger partial charge is 0.321 e. The van der Waals surface area contributed by atoms with Gasteiger partial charge < -0.3 is 15.3 Å². The van der Waals surface area contributed by atoms with Crippen LogP contribution in [0.1, 0.15) is 18.9 Å². The summed E-state index contributed by atoms with van der Waals surface area (Å²) in [5.41, 5.74) is 2.04. The van der Waals surface area contributed by atoms with E-state index in [1.807, 2.05) is 18.2 Å². The van der Waals surface area contributed by atoms with Crippen LogP contribution in [0.3, 0.4) is 0 Å². The maximum absolute atomic E-state index is 12.2. The van der Waals surface area contributed by atoms with Gasteiger partial charge in [-0.3, -0.25) is 0 Å². The molecule has 2 rings (SSSR count). The Kier molecular flexibility index (Phi) is 5.31. The monoisotopic (exact) mass is 294 g/mol. The second-order valence-electron chi connectivity index (χ2n) is 5.30. The van der Waals surface area contributed by atoms with E-state index in [2.05, 4.69) is 17.6 Å². The first kappa shape index (κ1) is 15.2. The number of thioether (sulfide) groups is 1. The fraction of sp³-hybridized carbons (Fsp3) is 0.533. The molecule has 0 aromatic heterocycles. The summed E-state index contributed by atoms with van der Waals surface area (Å²) in [6, 6.07) is 7.87. The number of nitrogens with one attached hydrogen (secondary N) is 1. The van der Waals surface area contributed by atoms with Gasteiger partial charge in [0.2, 0.25) is 0 Å². The Morgan fingerprint density at radius 3 is 3.05 bits per heavy atom. The number of aliphatic hydroxyl groups excluding tert-OH is 1. The van der Waals surface area contributed by atoms with Crippen LogP contribution in [0.4, 0.5) is 10.5 Å². The molecule has 1 aliphatic rings. The molecule has 0 aliphatic carbocycles. The third kappa shape index (κ3) is 3.90. The van der Waals surface area contributed by atoms with Gasteiger partial charge in [-0.2, -0.15) is 11.8 Å². The minimum absolute atomic E-state index is 0.0746. The Balaban J connectivity index is 1.93. The first-order chi connectivity index (χ1) is 9.60. The predicted octanol–water partition coefficient (Wildman–Crippen LogP) is 2.78. The van der Waals surface area contributed by atoms with Crippen molar-refractivity contribution in [3.8, 4) is 0 Å². The number of urea groups is 1. The molecule has 0 saturated carbocycles. The van der Waals surface area contributed by atoms with Crippen molar-refractivity contribution < 1.29 is 9.90 Å². The summed E-state index contributed by atoms with van der Waals surface area (Å²) in [6.45, 7) is 3.14. The molecule has 0 spiro atoms. The van der Waals surface area contributed by atoms with E-state index in [1.165, 1.54) is 5.56 Å². The van der Waals surface area contributed by atoms with Gasteiger partial charge in [0.1, 0.15) is 0 Å². The quantitative estimate of drug-likeness (QED) is 0.898. The predicted molar refractivity (Wildman–Crippen MR) is 84.0 cm³/mol. The minimum Gasteiger partial charge on any atom is -0.393 e. The number of benzene rings is 1. The molecule has 4 nitrogen and oxygen atoms in total. The summed E-state index contributed by atoms with van der Waals surface area (Å²) in [6.07, 6.45) is 2.58. The van der Waals surface area contributed by atoms with Crippen molar-refractivity contribution in [2.45, 2.75) is 25.2 Å². The molecule has 0 bridgehead atoms. The van der Waals surface area contributed by atoms with Gasteiger partial charge in [0.15, 0.2) is 0 Å². The van der Waals surface area contributed by atoms with Crippen LogP contribution >= 0.6 is 11.8 Å². The third-order valence-electron chi connectivity index (χ3n) is 3.68. The average Bonchev–Trinajstić information content (AvgIpc) is 2.89. The number of hydrogen-bond donors (Lipinski definition) is 2. The van der Waals surface area contributed by atoms with E-state index < -0.39 is 0 Å². The number of rotatable bonds is 4. The fourth-order valence-corrected chi connectivity index (χ4v) is 2.99. The lowest BCUT2D eigenvalue weighted by Gasteiger charge is -2.18. The molecule has 20 heavy (non-hydrogen) atoms. The number of aliphatic hydroxyl groups is 1.